The number of ketones is 1. The number of aromatic nitrogens is 1. The number of aromatic hydroxyl groups is 1. The van der Waals surface area contributed by atoms with E-state index >= 15 is 0 Å². The van der Waals surface area contributed by atoms with Crippen LogP contribution in [0.4, 0.5) is 0 Å². The topological polar surface area (TPSA) is 89.0 Å². The molecule has 7 heteroatoms. The minimum absolute atomic E-state index is 0.000185. The molecule has 0 saturated heterocycles. The van der Waals surface area contributed by atoms with E-state index < -0.39 is 6.04 Å². The van der Waals surface area contributed by atoms with Gasteiger partial charge in [0.1, 0.15) is 6.10 Å². The lowest BCUT2D eigenvalue weighted by atomic mass is 9.70. The molecule has 3 heterocycles. The quantitative estimate of drug-likeness (QED) is 0.766. The van der Waals surface area contributed by atoms with Gasteiger partial charge in [-0.1, -0.05) is 26.0 Å². The van der Waals surface area contributed by atoms with Crippen molar-refractivity contribution in [3.8, 4) is 11.5 Å². The number of hydrogen-bond donors (Lipinski definition) is 1. The number of pyridine rings is 1. The van der Waals surface area contributed by atoms with Crippen molar-refractivity contribution >= 4 is 11.7 Å². The van der Waals surface area contributed by atoms with Crippen LogP contribution in [0.3, 0.4) is 0 Å². The predicted octanol–water partition coefficient (Wildman–Crippen LogP) is 3.78. The van der Waals surface area contributed by atoms with Gasteiger partial charge in [0.15, 0.2) is 23.0 Å². The van der Waals surface area contributed by atoms with E-state index in [1.165, 1.54) is 13.2 Å². The van der Waals surface area contributed by atoms with Crippen molar-refractivity contribution in [1.29, 1.82) is 0 Å². The van der Waals surface area contributed by atoms with Gasteiger partial charge in [0, 0.05) is 18.9 Å². The van der Waals surface area contributed by atoms with Crippen LogP contribution in [0.25, 0.3) is 0 Å². The highest BCUT2D eigenvalue weighted by Crippen LogP contribution is 2.49. The van der Waals surface area contributed by atoms with Crippen LogP contribution in [0.1, 0.15) is 43.9 Å². The van der Waals surface area contributed by atoms with Crippen molar-refractivity contribution in [3.63, 3.8) is 0 Å². The van der Waals surface area contributed by atoms with Gasteiger partial charge < -0.3 is 19.5 Å². The van der Waals surface area contributed by atoms with Crippen LogP contribution in [-0.4, -0.2) is 39.9 Å². The number of amides is 1. The van der Waals surface area contributed by atoms with E-state index in [1.807, 2.05) is 12.1 Å². The molecular weight excluding hydrogens is 420 g/mol. The van der Waals surface area contributed by atoms with Gasteiger partial charge in [0.05, 0.1) is 24.6 Å². The van der Waals surface area contributed by atoms with Gasteiger partial charge in [-0.2, -0.15) is 0 Å². The Morgan fingerprint density at radius 2 is 2.03 bits per heavy atom. The first kappa shape index (κ1) is 21.5. The number of nitrogens with zero attached hydrogens (tertiary/aromatic N) is 2. The zero-order chi connectivity index (χ0) is 23.3. The third-order valence-electron chi connectivity index (χ3n) is 7.12. The fourth-order valence-corrected chi connectivity index (χ4v) is 5.69. The Hall–Kier alpha value is -3.35. The smallest absolute Gasteiger partial charge is 0.290 e. The van der Waals surface area contributed by atoms with Gasteiger partial charge >= 0.3 is 0 Å². The lowest BCUT2D eigenvalue weighted by Crippen LogP contribution is -2.45. The number of carbonyl (C=O) groups is 2. The highest BCUT2D eigenvalue weighted by molar-refractivity contribution is 6.11. The molecule has 3 aliphatic rings. The molecule has 5 rings (SSSR count). The molecule has 0 spiro atoms. The first-order valence-corrected chi connectivity index (χ1v) is 11.4. The molecule has 7 nitrogen and oxygen atoms in total. The Morgan fingerprint density at radius 1 is 1.21 bits per heavy atom. The molecule has 1 fully saturated rings. The summed E-state index contributed by atoms with van der Waals surface area (Å²) in [6, 6.07) is 8.04. The average molecular weight is 449 g/mol. The molecule has 5 unspecified atom stereocenters. The third-order valence-corrected chi connectivity index (χ3v) is 7.12. The summed E-state index contributed by atoms with van der Waals surface area (Å²) in [4.78, 5) is 33.3. The van der Waals surface area contributed by atoms with Crippen molar-refractivity contribution in [2.45, 2.75) is 45.4 Å². The molecule has 33 heavy (non-hydrogen) atoms. The largest absolute Gasteiger partial charge is 0.504 e. The predicted molar refractivity (Wildman–Crippen MR) is 120 cm³/mol. The molecule has 2 aromatic rings. The number of hydrogen-bond acceptors (Lipinski definition) is 6. The first-order valence-electron chi connectivity index (χ1n) is 11.4. The summed E-state index contributed by atoms with van der Waals surface area (Å²) in [6.07, 6.45) is 4.85. The molecular formula is C26H28N2O5. The summed E-state index contributed by atoms with van der Waals surface area (Å²) in [5, 5.41) is 10.1. The Balaban J connectivity index is 1.61. The van der Waals surface area contributed by atoms with Gasteiger partial charge in [0.2, 0.25) is 0 Å². The summed E-state index contributed by atoms with van der Waals surface area (Å²) in [5.74, 6) is 0.536. The van der Waals surface area contributed by atoms with Crippen LogP contribution in [-0.2, 0) is 20.9 Å². The number of phenolic OH excluding ortho intramolecular Hbond substituents is 1. The van der Waals surface area contributed by atoms with E-state index in [0.29, 0.717) is 17.1 Å². The van der Waals surface area contributed by atoms with Crippen molar-refractivity contribution in [2.24, 2.45) is 17.8 Å². The summed E-state index contributed by atoms with van der Waals surface area (Å²) in [5.41, 5.74) is 1.96. The molecule has 1 aliphatic carbocycles. The lowest BCUT2D eigenvalue weighted by molar-refractivity contribution is -0.139. The van der Waals surface area contributed by atoms with Gasteiger partial charge in [0.25, 0.3) is 5.91 Å². The number of Topliss-reactive ketones (excluding diaryl/α,β-unsaturated/α-hetero) is 1. The molecule has 0 bridgehead atoms. The molecule has 1 aromatic heterocycles. The maximum Gasteiger partial charge on any atom is 0.290 e. The molecule has 0 radical (unpaired) electrons. The highest BCUT2D eigenvalue weighted by Gasteiger charge is 2.54. The summed E-state index contributed by atoms with van der Waals surface area (Å²) < 4.78 is 11.6. The fraction of sp³-hybridized carbons (Fsp3) is 0.423. The maximum atomic E-state index is 13.9. The Kier molecular flexibility index (Phi) is 5.35. The molecule has 1 saturated carbocycles. The van der Waals surface area contributed by atoms with Gasteiger partial charge in [-0.15, -0.1) is 0 Å². The highest BCUT2D eigenvalue weighted by atomic mass is 16.5. The summed E-state index contributed by atoms with van der Waals surface area (Å²) in [6.45, 7) is 4.55. The maximum absolute atomic E-state index is 13.9. The lowest BCUT2D eigenvalue weighted by Gasteiger charge is -2.41. The molecule has 5 atom stereocenters. The van der Waals surface area contributed by atoms with Crippen LogP contribution in [0.2, 0.25) is 0 Å². The molecule has 2 aliphatic heterocycles. The third kappa shape index (κ3) is 3.56. The van der Waals surface area contributed by atoms with Crippen LogP contribution in [0.15, 0.2) is 54.1 Å². The van der Waals surface area contributed by atoms with Gasteiger partial charge in [-0.25, -0.2) is 0 Å². The van der Waals surface area contributed by atoms with Gasteiger partial charge in [-0.05, 0) is 54.0 Å². The minimum atomic E-state index is -0.622. The number of benzene rings is 1. The Bertz CT molecular complexity index is 1130. The monoisotopic (exact) mass is 448 g/mol. The van der Waals surface area contributed by atoms with E-state index in [2.05, 4.69) is 18.8 Å². The number of fused-ring (bicyclic) bond motifs is 1. The van der Waals surface area contributed by atoms with Gasteiger partial charge in [-0.3, -0.25) is 14.6 Å². The Labute approximate surface area is 193 Å². The second kappa shape index (κ2) is 8.21. The number of carbonyl (C=O) groups excluding carboxylic acids is 2. The van der Waals surface area contributed by atoms with E-state index in [9.17, 15) is 14.7 Å². The van der Waals surface area contributed by atoms with Crippen LogP contribution >= 0.6 is 0 Å². The second-order valence-electron chi connectivity index (χ2n) is 9.48. The van der Waals surface area contributed by atoms with Crippen LogP contribution in [0, 0.1) is 17.8 Å². The fourth-order valence-electron chi connectivity index (χ4n) is 5.69. The molecule has 1 aromatic carbocycles. The molecule has 1 amide bonds. The van der Waals surface area contributed by atoms with Crippen LogP contribution in [0.5, 0.6) is 11.5 Å². The SMILES string of the molecule is COc1cc(C2C3=C(OC4C(C)CC(C)CC4C3=O)C(=O)N2Cc2cccnc2)ccc1O. The minimum Gasteiger partial charge on any atom is -0.504 e. The van der Waals surface area contributed by atoms with Crippen molar-refractivity contribution in [1.82, 2.24) is 9.88 Å². The normalized spacial score (nSPS) is 28.9. The van der Waals surface area contributed by atoms with E-state index in [4.69, 9.17) is 9.47 Å². The Morgan fingerprint density at radius 3 is 2.76 bits per heavy atom. The number of ether oxygens (including phenoxy) is 2. The van der Waals surface area contributed by atoms with E-state index in [-0.39, 0.29) is 53.4 Å². The average Bonchev–Trinajstić information content (AvgIpc) is 3.08. The summed E-state index contributed by atoms with van der Waals surface area (Å²) in [7, 11) is 1.47. The molecule has 1 N–H and O–H groups in total. The van der Waals surface area contributed by atoms with Crippen LogP contribution < -0.4 is 4.74 Å². The van der Waals surface area contributed by atoms with E-state index in [0.717, 1.165) is 18.4 Å². The standard InChI is InChI=1S/C26H28N2O5/c1-14-9-15(2)24-18(10-14)23(30)21-22(17-6-7-19(29)20(11-17)32-3)28(26(31)25(21)33-24)13-16-5-4-8-27-12-16/h4-8,11-12,14-15,18,22,24,29H,9-10,13H2,1-3H3. The van der Waals surface area contributed by atoms with Crippen molar-refractivity contribution in [3.05, 3.63) is 65.2 Å². The summed E-state index contributed by atoms with van der Waals surface area (Å²) >= 11 is 0. The first-order chi connectivity index (χ1) is 15.9. The van der Waals surface area contributed by atoms with E-state index in [1.54, 1.807) is 29.4 Å². The van der Waals surface area contributed by atoms with Crippen molar-refractivity contribution in [2.75, 3.05) is 7.11 Å². The molecule has 172 valence electrons. The zero-order valence-electron chi connectivity index (χ0n) is 19.0. The second-order valence-corrected chi connectivity index (χ2v) is 9.48. The zero-order valence-corrected chi connectivity index (χ0v) is 19.0. The number of phenols is 1. The van der Waals surface area contributed by atoms with Crippen molar-refractivity contribution < 1.29 is 24.2 Å². The number of rotatable bonds is 4. The number of methoxy groups -OCH3 is 1.